The molecule has 0 saturated carbocycles. The number of non-ortho nitro benzene ring substituents is 1. The molecule has 0 aliphatic rings. The first-order valence-electron chi connectivity index (χ1n) is 9.23. The minimum absolute atomic E-state index is 0.0363. The maximum absolute atomic E-state index is 11.0. The summed E-state index contributed by atoms with van der Waals surface area (Å²) in [5.74, 6) is 1.94. The lowest BCUT2D eigenvalue weighted by Gasteiger charge is -2.08. The molecule has 1 N–H and O–H groups in total. The molecule has 4 aromatic rings. The van der Waals surface area contributed by atoms with E-state index in [0.29, 0.717) is 17.3 Å². The van der Waals surface area contributed by atoms with Crippen LogP contribution in [0.15, 0.2) is 72.8 Å². The van der Waals surface area contributed by atoms with Gasteiger partial charge in [-0.2, -0.15) is 0 Å². The zero-order valence-corrected chi connectivity index (χ0v) is 16.5. The minimum Gasteiger partial charge on any atom is -0.497 e. The van der Waals surface area contributed by atoms with E-state index in [0.717, 1.165) is 28.1 Å². The van der Waals surface area contributed by atoms with E-state index in [-0.39, 0.29) is 5.69 Å². The zero-order valence-electron chi connectivity index (χ0n) is 16.5. The smallest absolute Gasteiger partial charge is 0.269 e. The fourth-order valence-electron chi connectivity index (χ4n) is 3.26. The molecule has 0 saturated heterocycles. The Morgan fingerprint density at radius 1 is 0.900 bits per heavy atom. The SMILES string of the molecule is COc1ccc(OC)c(-c2nc(-c3ccccc3)c(-c3ccc([N+](=O)[O-])cc3)[nH]2)c1. The zero-order chi connectivity index (χ0) is 21.1. The molecule has 0 bridgehead atoms. The first-order chi connectivity index (χ1) is 14.6. The maximum Gasteiger partial charge on any atom is 0.269 e. The molecule has 7 nitrogen and oxygen atoms in total. The topological polar surface area (TPSA) is 90.3 Å². The van der Waals surface area contributed by atoms with E-state index in [1.54, 1.807) is 26.4 Å². The quantitative estimate of drug-likeness (QED) is 0.348. The molecule has 0 spiro atoms. The van der Waals surface area contributed by atoms with Gasteiger partial charge in [0.15, 0.2) is 0 Å². The van der Waals surface area contributed by atoms with Crippen LogP contribution in [0.25, 0.3) is 33.9 Å². The first kappa shape index (κ1) is 19.2. The Morgan fingerprint density at radius 2 is 1.63 bits per heavy atom. The predicted octanol–water partition coefficient (Wildman–Crippen LogP) is 5.34. The summed E-state index contributed by atoms with van der Waals surface area (Å²) >= 11 is 0. The summed E-state index contributed by atoms with van der Waals surface area (Å²) in [6.45, 7) is 0. The lowest BCUT2D eigenvalue weighted by atomic mass is 10.0. The summed E-state index contributed by atoms with van der Waals surface area (Å²) in [5.41, 5.74) is 4.01. The Labute approximate surface area is 173 Å². The number of H-pyrrole nitrogens is 1. The van der Waals surface area contributed by atoms with Crippen LogP contribution in [0, 0.1) is 10.1 Å². The van der Waals surface area contributed by atoms with Crippen LogP contribution >= 0.6 is 0 Å². The van der Waals surface area contributed by atoms with Gasteiger partial charge < -0.3 is 14.5 Å². The third-order valence-electron chi connectivity index (χ3n) is 4.78. The van der Waals surface area contributed by atoms with Crippen LogP contribution in [0.4, 0.5) is 5.69 Å². The number of methoxy groups -OCH3 is 2. The highest BCUT2D eigenvalue weighted by molar-refractivity contribution is 5.82. The summed E-state index contributed by atoms with van der Waals surface area (Å²) in [4.78, 5) is 18.8. The number of nitro groups is 1. The summed E-state index contributed by atoms with van der Waals surface area (Å²) in [7, 11) is 3.20. The van der Waals surface area contributed by atoms with Crippen molar-refractivity contribution in [3.8, 4) is 45.4 Å². The van der Waals surface area contributed by atoms with Crippen molar-refractivity contribution >= 4 is 5.69 Å². The molecule has 0 atom stereocenters. The first-order valence-corrected chi connectivity index (χ1v) is 9.23. The molecule has 3 aromatic carbocycles. The fraction of sp³-hybridized carbons (Fsp3) is 0.0870. The highest BCUT2D eigenvalue weighted by atomic mass is 16.6. The van der Waals surface area contributed by atoms with Crippen LogP contribution in [0.1, 0.15) is 0 Å². The van der Waals surface area contributed by atoms with Crippen LogP contribution in [-0.2, 0) is 0 Å². The van der Waals surface area contributed by atoms with Gasteiger partial charge in [0, 0.05) is 23.3 Å². The Balaban J connectivity index is 1.90. The second-order valence-electron chi connectivity index (χ2n) is 6.55. The molecule has 0 aliphatic heterocycles. The lowest BCUT2D eigenvalue weighted by Crippen LogP contribution is -1.91. The fourth-order valence-corrected chi connectivity index (χ4v) is 3.26. The van der Waals surface area contributed by atoms with Gasteiger partial charge in [0.25, 0.3) is 5.69 Å². The van der Waals surface area contributed by atoms with E-state index in [9.17, 15) is 10.1 Å². The molecule has 7 heteroatoms. The number of nitro benzene ring substituents is 1. The van der Waals surface area contributed by atoms with Crippen molar-refractivity contribution in [3.63, 3.8) is 0 Å². The van der Waals surface area contributed by atoms with E-state index < -0.39 is 4.92 Å². The summed E-state index contributed by atoms with van der Waals surface area (Å²) in [6, 6.07) is 21.6. The predicted molar refractivity (Wildman–Crippen MR) is 115 cm³/mol. The second kappa shape index (κ2) is 8.08. The molecule has 1 heterocycles. The Morgan fingerprint density at radius 3 is 2.27 bits per heavy atom. The maximum atomic E-state index is 11.0. The third kappa shape index (κ3) is 3.60. The molecule has 4 rings (SSSR count). The summed E-state index contributed by atoms with van der Waals surface area (Å²) < 4.78 is 10.9. The normalized spacial score (nSPS) is 10.6. The number of aromatic nitrogens is 2. The van der Waals surface area contributed by atoms with E-state index >= 15 is 0 Å². The number of nitrogens with zero attached hydrogens (tertiary/aromatic N) is 2. The number of hydrogen-bond donors (Lipinski definition) is 1. The molecule has 0 fully saturated rings. The van der Waals surface area contributed by atoms with Crippen molar-refractivity contribution in [2.75, 3.05) is 14.2 Å². The van der Waals surface area contributed by atoms with Crippen molar-refractivity contribution in [1.82, 2.24) is 9.97 Å². The van der Waals surface area contributed by atoms with Crippen molar-refractivity contribution in [1.29, 1.82) is 0 Å². The van der Waals surface area contributed by atoms with Crippen molar-refractivity contribution < 1.29 is 14.4 Å². The van der Waals surface area contributed by atoms with Gasteiger partial charge in [0.2, 0.25) is 0 Å². The van der Waals surface area contributed by atoms with Crippen LogP contribution in [0.3, 0.4) is 0 Å². The number of aromatic amines is 1. The van der Waals surface area contributed by atoms with Gasteiger partial charge in [-0.1, -0.05) is 30.3 Å². The number of ether oxygens (including phenoxy) is 2. The Bertz CT molecular complexity index is 1190. The molecule has 150 valence electrons. The number of nitrogens with one attached hydrogen (secondary N) is 1. The average Bonchev–Trinajstić information content (AvgIpc) is 3.24. The van der Waals surface area contributed by atoms with Gasteiger partial charge in [0.1, 0.15) is 17.3 Å². The Hall–Kier alpha value is -4.13. The molecule has 1 aromatic heterocycles. The molecular formula is C23H19N3O4. The Kier molecular flexibility index (Phi) is 5.17. The average molecular weight is 401 g/mol. The summed E-state index contributed by atoms with van der Waals surface area (Å²) in [6.07, 6.45) is 0. The van der Waals surface area contributed by atoms with Crippen molar-refractivity contribution in [2.24, 2.45) is 0 Å². The van der Waals surface area contributed by atoms with Crippen LogP contribution in [0.5, 0.6) is 11.5 Å². The van der Waals surface area contributed by atoms with Gasteiger partial charge in [0.05, 0.1) is 36.1 Å². The van der Waals surface area contributed by atoms with Gasteiger partial charge in [-0.05, 0) is 30.3 Å². The molecule has 30 heavy (non-hydrogen) atoms. The largest absolute Gasteiger partial charge is 0.497 e. The lowest BCUT2D eigenvalue weighted by molar-refractivity contribution is -0.384. The number of imidazole rings is 1. The van der Waals surface area contributed by atoms with Gasteiger partial charge in [-0.25, -0.2) is 4.98 Å². The van der Waals surface area contributed by atoms with Crippen molar-refractivity contribution in [2.45, 2.75) is 0 Å². The monoisotopic (exact) mass is 401 g/mol. The second-order valence-corrected chi connectivity index (χ2v) is 6.55. The van der Waals surface area contributed by atoms with E-state index in [2.05, 4.69) is 4.98 Å². The number of rotatable bonds is 6. The van der Waals surface area contributed by atoms with Crippen LogP contribution in [-0.4, -0.2) is 29.1 Å². The standard InChI is InChI=1S/C23H19N3O4/c1-29-18-12-13-20(30-2)19(14-18)23-24-21(15-6-4-3-5-7-15)22(25-23)16-8-10-17(11-9-16)26(27)28/h3-14H,1-2H3,(H,24,25). The minimum atomic E-state index is -0.415. The third-order valence-corrected chi connectivity index (χ3v) is 4.78. The molecule has 0 amide bonds. The van der Waals surface area contributed by atoms with E-state index in [1.807, 2.05) is 48.5 Å². The summed E-state index contributed by atoms with van der Waals surface area (Å²) in [5, 5.41) is 11.0. The van der Waals surface area contributed by atoms with Crippen LogP contribution < -0.4 is 9.47 Å². The van der Waals surface area contributed by atoms with Crippen molar-refractivity contribution in [3.05, 3.63) is 82.9 Å². The highest BCUT2D eigenvalue weighted by Crippen LogP contribution is 2.37. The molecule has 0 radical (unpaired) electrons. The molecule has 0 unspecified atom stereocenters. The van der Waals surface area contributed by atoms with Crippen LogP contribution in [0.2, 0.25) is 0 Å². The highest BCUT2D eigenvalue weighted by Gasteiger charge is 2.19. The van der Waals surface area contributed by atoms with Gasteiger partial charge >= 0.3 is 0 Å². The molecule has 0 aliphatic carbocycles. The van der Waals surface area contributed by atoms with E-state index in [1.165, 1.54) is 12.1 Å². The molecular weight excluding hydrogens is 382 g/mol. The van der Waals surface area contributed by atoms with Gasteiger partial charge in [-0.15, -0.1) is 0 Å². The van der Waals surface area contributed by atoms with Gasteiger partial charge in [-0.3, -0.25) is 10.1 Å². The number of hydrogen-bond acceptors (Lipinski definition) is 5. The number of benzene rings is 3. The van der Waals surface area contributed by atoms with E-state index in [4.69, 9.17) is 14.5 Å².